The van der Waals surface area contributed by atoms with Gasteiger partial charge in [0.2, 0.25) is 10.0 Å². The normalized spacial score (nSPS) is 11.0. The molecule has 0 saturated heterocycles. The molecule has 0 bridgehead atoms. The molecule has 7 nitrogen and oxygen atoms in total. The third-order valence-electron chi connectivity index (χ3n) is 2.23. The summed E-state index contributed by atoms with van der Waals surface area (Å²) < 4.78 is 31.2. The summed E-state index contributed by atoms with van der Waals surface area (Å²) in [6, 6.07) is 4.22. The van der Waals surface area contributed by atoms with Crippen LogP contribution in [-0.2, 0) is 24.3 Å². The largest absolute Gasteiger partial charge is 0.455 e. The summed E-state index contributed by atoms with van der Waals surface area (Å²) in [7, 11) is -2.57. The van der Waals surface area contributed by atoms with E-state index in [9.17, 15) is 18.0 Å². The second-order valence-electron chi connectivity index (χ2n) is 3.73. The Balaban J connectivity index is 2.65. The molecule has 0 atom stereocenters. The smallest absolute Gasteiger partial charge is 0.321 e. The molecule has 0 radical (unpaired) electrons. The summed E-state index contributed by atoms with van der Waals surface area (Å²) in [6.45, 7) is -1.08. The third-order valence-corrected chi connectivity index (χ3v) is 4.61. The Hall–Kier alpha value is -1.16. The summed E-state index contributed by atoms with van der Waals surface area (Å²) in [5, 5.41) is 2.26. The Labute approximate surface area is 135 Å². The van der Waals surface area contributed by atoms with Crippen molar-refractivity contribution in [2.75, 3.05) is 20.2 Å². The van der Waals surface area contributed by atoms with Gasteiger partial charge in [-0.1, -0.05) is 27.5 Å². The minimum atomic E-state index is -3.95. The molecule has 0 heterocycles. The van der Waals surface area contributed by atoms with Gasteiger partial charge in [0.05, 0.1) is 5.02 Å². The summed E-state index contributed by atoms with van der Waals surface area (Å²) in [5.41, 5.74) is 0. The van der Waals surface area contributed by atoms with Crippen LogP contribution >= 0.6 is 27.5 Å². The Kier molecular flexibility index (Phi) is 6.59. The molecule has 1 aromatic carbocycles. The highest BCUT2D eigenvalue weighted by molar-refractivity contribution is 9.10. The van der Waals surface area contributed by atoms with Crippen LogP contribution in [0.15, 0.2) is 27.6 Å². The van der Waals surface area contributed by atoms with Gasteiger partial charge in [0, 0.05) is 11.5 Å². The molecule has 1 amide bonds. The van der Waals surface area contributed by atoms with Gasteiger partial charge in [-0.3, -0.25) is 9.59 Å². The number of hydrogen-bond acceptors (Lipinski definition) is 5. The summed E-state index contributed by atoms with van der Waals surface area (Å²) in [5.74, 6) is -1.38. The van der Waals surface area contributed by atoms with Gasteiger partial charge < -0.3 is 10.1 Å². The standard InChI is InChI=1S/C11H12BrClN2O5S/c1-14-10(16)6-20-11(17)5-15-21(18,19)9-3-2-7(12)4-8(9)13/h2-4,15H,5-6H2,1H3,(H,14,16). The van der Waals surface area contributed by atoms with Crippen LogP contribution in [0.25, 0.3) is 0 Å². The zero-order chi connectivity index (χ0) is 16.0. The minimum absolute atomic E-state index is 0.00982. The number of ether oxygens (including phenoxy) is 1. The molecule has 0 aliphatic heterocycles. The quantitative estimate of drug-likeness (QED) is 0.685. The highest BCUT2D eigenvalue weighted by atomic mass is 79.9. The number of carbonyl (C=O) groups excluding carboxylic acids is 2. The lowest BCUT2D eigenvalue weighted by Gasteiger charge is -2.08. The topological polar surface area (TPSA) is 102 Å². The van der Waals surface area contributed by atoms with Crippen LogP contribution in [-0.4, -0.2) is 40.5 Å². The van der Waals surface area contributed by atoms with E-state index in [1.807, 2.05) is 4.72 Å². The van der Waals surface area contributed by atoms with Gasteiger partial charge in [-0.2, -0.15) is 4.72 Å². The molecule has 21 heavy (non-hydrogen) atoms. The van der Waals surface area contributed by atoms with Crippen LogP contribution in [0.2, 0.25) is 5.02 Å². The van der Waals surface area contributed by atoms with E-state index in [0.29, 0.717) is 4.47 Å². The summed E-state index contributed by atoms with van der Waals surface area (Å²) in [4.78, 5) is 22.0. The number of benzene rings is 1. The predicted octanol–water partition coefficient (Wildman–Crippen LogP) is 0.670. The summed E-state index contributed by atoms with van der Waals surface area (Å²) >= 11 is 8.99. The second kappa shape index (κ2) is 7.74. The van der Waals surface area contributed by atoms with Crippen LogP contribution in [0, 0.1) is 0 Å². The highest BCUT2D eigenvalue weighted by Crippen LogP contribution is 2.24. The van der Waals surface area contributed by atoms with Gasteiger partial charge in [0.1, 0.15) is 11.4 Å². The Morgan fingerprint density at radius 3 is 2.62 bits per heavy atom. The number of sulfonamides is 1. The lowest BCUT2D eigenvalue weighted by molar-refractivity contribution is -0.147. The van der Waals surface area contributed by atoms with Gasteiger partial charge >= 0.3 is 5.97 Å². The number of hydrogen-bond donors (Lipinski definition) is 2. The average Bonchev–Trinajstić information content (AvgIpc) is 2.42. The number of rotatable bonds is 6. The molecule has 116 valence electrons. The lowest BCUT2D eigenvalue weighted by atomic mass is 10.4. The zero-order valence-corrected chi connectivity index (χ0v) is 14.0. The number of esters is 1. The molecule has 10 heteroatoms. The van der Waals surface area contributed by atoms with E-state index in [1.165, 1.54) is 25.2 Å². The van der Waals surface area contributed by atoms with Crippen molar-refractivity contribution in [3.05, 3.63) is 27.7 Å². The molecule has 0 fully saturated rings. The number of carbonyl (C=O) groups is 2. The third kappa shape index (κ3) is 5.62. The first kappa shape index (κ1) is 17.9. The fourth-order valence-electron chi connectivity index (χ4n) is 1.19. The molecule has 1 rings (SSSR count). The van der Waals surface area contributed by atoms with Crippen molar-refractivity contribution in [2.45, 2.75) is 4.90 Å². The van der Waals surface area contributed by atoms with Gasteiger partial charge in [0.15, 0.2) is 6.61 Å². The molecular weight excluding hydrogens is 388 g/mol. The molecule has 2 N–H and O–H groups in total. The molecule has 0 unspecified atom stereocenters. The van der Waals surface area contributed by atoms with E-state index in [2.05, 4.69) is 26.0 Å². The van der Waals surface area contributed by atoms with Crippen molar-refractivity contribution in [1.29, 1.82) is 0 Å². The van der Waals surface area contributed by atoms with E-state index in [1.54, 1.807) is 0 Å². The molecule has 1 aromatic rings. The van der Waals surface area contributed by atoms with Crippen LogP contribution in [0.5, 0.6) is 0 Å². The average molecular weight is 400 g/mol. The van der Waals surface area contributed by atoms with Gasteiger partial charge in [-0.05, 0) is 18.2 Å². The second-order valence-corrected chi connectivity index (χ2v) is 6.79. The van der Waals surface area contributed by atoms with Crippen LogP contribution < -0.4 is 10.0 Å². The van der Waals surface area contributed by atoms with Gasteiger partial charge in [0.25, 0.3) is 5.91 Å². The maximum absolute atomic E-state index is 12.0. The van der Waals surface area contributed by atoms with Crippen molar-refractivity contribution in [3.8, 4) is 0 Å². The van der Waals surface area contributed by atoms with Crippen LogP contribution in [0.1, 0.15) is 0 Å². The maximum atomic E-state index is 12.0. The first-order valence-corrected chi connectivity index (χ1v) is 8.22. The highest BCUT2D eigenvalue weighted by Gasteiger charge is 2.19. The maximum Gasteiger partial charge on any atom is 0.321 e. The van der Waals surface area contributed by atoms with Crippen molar-refractivity contribution >= 4 is 49.4 Å². The van der Waals surface area contributed by atoms with Gasteiger partial charge in [-0.15, -0.1) is 0 Å². The van der Waals surface area contributed by atoms with Gasteiger partial charge in [-0.25, -0.2) is 8.42 Å². The first-order valence-electron chi connectivity index (χ1n) is 5.57. The molecule has 0 aliphatic carbocycles. The van der Waals surface area contributed by atoms with Crippen molar-refractivity contribution < 1.29 is 22.7 Å². The lowest BCUT2D eigenvalue weighted by Crippen LogP contribution is -2.33. The number of likely N-dealkylation sites (N-methyl/N-ethyl adjacent to an activating group) is 1. The van der Waals surface area contributed by atoms with E-state index in [-0.39, 0.29) is 9.92 Å². The fraction of sp³-hybridized carbons (Fsp3) is 0.273. The number of nitrogens with one attached hydrogen (secondary N) is 2. The Morgan fingerprint density at radius 1 is 1.38 bits per heavy atom. The van der Waals surface area contributed by atoms with Crippen molar-refractivity contribution in [1.82, 2.24) is 10.0 Å². The van der Waals surface area contributed by atoms with Crippen molar-refractivity contribution in [3.63, 3.8) is 0 Å². The SMILES string of the molecule is CNC(=O)COC(=O)CNS(=O)(=O)c1ccc(Br)cc1Cl. The van der Waals surface area contributed by atoms with E-state index < -0.39 is 35.1 Å². The molecular formula is C11H12BrClN2O5S. The number of halogens is 2. The Morgan fingerprint density at radius 2 is 2.05 bits per heavy atom. The summed E-state index contributed by atoms with van der Waals surface area (Å²) in [6.07, 6.45) is 0. The zero-order valence-electron chi connectivity index (χ0n) is 10.9. The molecule has 0 saturated carbocycles. The molecule has 0 aromatic heterocycles. The van der Waals surface area contributed by atoms with E-state index >= 15 is 0 Å². The molecule has 0 spiro atoms. The monoisotopic (exact) mass is 398 g/mol. The first-order chi connectivity index (χ1) is 9.76. The van der Waals surface area contributed by atoms with Crippen LogP contribution in [0.3, 0.4) is 0 Å². The Bertz CT molecular complexity index is 650. The minimum Gasteiger partial charge on any atom is -0.455 e. The fourth-order valence-corrected chi connectivity index (χ4v) is 3.20. The van der Waals surface area contributed by atoms with E-state index in [0.717, 1.165) is 0 Å². The van der Waals surface area contributed by atoms with Crippen LogP contribution in [0.4, 0.5) is 0 Å². The molecule has 0 aliphatic rings. The van der Waals surface area contributed by atoms with Crippen molar-refractivity contribution in [2.24, 2.45) is 0 Å². The predicted molar refractivity (Wildman–Crippen MR) is 79.4 cm³/mol. The van der Waals surface area contributed by atoms with E-state index in [4.69, 9.17) is 11.6 Å². The number of amides is 1.